The van der Waals surface area contributed by atoms with Gasteiger partial charge in [-0.15, -0.1) is 0 Å². The van der Waals surface area contributed by atoms with Crippen molar-refractivity contribution in [1.29, 1.82) is 0 Å². The minimum absolute atomic E-state index is 0.00109. The highest BCUT2D eigenvalue weighted by atomic mass is 79.9. The number of halogens is 1. The van der Waals surface area contributed by atoms with Gasteiger partial charge in [-0.1, -0.05) is 52.3 Å². The Hall–Kier alpha value is -4.06. The molecule has 0 bridgehead atoms. The van der Waals surface area contributed by atoms with Gasteiger partial charge < -0.3 is 9.88 Å². The summed E-state index contributed by atoms with van der Waals surface area (Å²) in [5.41, 5.74) is 7.40. The highest BCUT2D eigenvalue weighted by molar-refractivity contribution is 9.10. The van der Waals surface area contributed by atoms with Gasteiger partial charge in [-0.3, -0.25) is 9.59 Å². The van der Waals surface area contributed by atoms with E-state index in [1.54, 1.807) is 30.5 Å². The second-order valence-corrected chi connectivity index (χ2v) is 12.3. The van der Waals surface area contributed by atoms with Crippen molar-refractivity contribution in [2.24, 2.45) is 5.10 Å². The smallest absolute Gasteiger partial charge is 0.255 e. The topological polar surface area (TPSA) is 113 Å². The third-order valence-electron chi connectivity index (χ3n) is 6.26. The molecule has 212 valence electrons. The lowest BCUT2D eigenvalue weighted by molar-refractivity contribution is -0.121. The Morgan fingerprint density at radius 2 is 1.68 bits per heavy atom. The van der Waals surface area contributed by atoms with Gasteiger partial charge in [-0.2, -0.15) is 9.41 Å². The van der Waals surface area contributed by atoms with Crippen LogP contribution in [0.3, 0.4) is 0 Å². The van der Waals surface area contributed by atoms with Crippen molar-refractivity contribution in [2.75, 3.05) is 11.9 Å². The average molecular weight is 637 g/mol. The highest BCUT2D eigenvalue weighted by Gasteiger charge is 2.27. The molecule has 2 amide bonds. The maximum absolute atomic E-state index is 13.6. The lowest BCUT2D eigenvalue weighted by Gasteiger charge is -2.21. The lowest BCUT2D eigenvalue weighted by atomic mass is 10.2. The molecule has 0 aliphatic heterocycles. The second-order valence-electron chi connectivity index (χ2n) is 9.40. The molecule has 2 N–H and O–H groups in total. The summed E-state index contributed by atoms with van der Waals surface area (Å²) < 4.78 is 31.3. The first kappa shape index (κ1) is 29.9. The van der Waals surface area contributed by atoms with Gasteiger partial charge in [-0.05, 0) is 67.9 Å². The van der Waals surface area contributed by atoms with E-state index in [9.17, 15) is 18.0 Å². The minimum atomic E-state index is -4.06. The number of carbonyl (C=O) groups is 2. The first-order valence-electron chi connectivity index (χ1n) is 12.7. The van der Waals surface area contributed by atoms with E-state index in [0.717, 1.165) is 37.0 Å². The van der Waals surface area contributed by atoms with Crippen molar-refractivity contribution in [3.8, 4) is 5.69 Å². The fourth-order valence-electron chi connectivity index (χ4n) is 4.38. The van der Waals surface area contributed by atoms with E-state index in [0.29, 0.717) is 5.69 Å². The number of carbonyl (C=O) groups excluding carboxylic acids is 2. The van der Waals surface area contributed by atoms with E-state index in [2.05, 4.69) is 36.3 Å². The number of nitrogens with zero attached hydrogens (tertiary/aromatic N) is 3. The van der Waals surface area contributed by atoms with Crippen molar-refractivity contribution < 1.29 is 18.0 Å². The average Bonchev–Trinajstić information content (AvgIpc) is 3.21. The zero-order valence-corrected chi connectivity index (χ0v) is 25.2. The van der Waals surface area contributed by atoms with Gasteiger partial charge in [-0.25, -0.2) is 13.8 Å². The van der Waals surface area contributed by atoms with E-state index in [1.807, 2.05) is 50.2 Å². The SMILES string of the molecule is CC(=O)Nc1ccc(S(=O)(=O)N(CC(=O)N/N=C/c2cc(C)n(-c3cccc(Br)c3)c2C)Cc2ccccc2)cc1. The Balaban J connectivity index is 1.51. The molecule has 1 aromatic heterocycles. The highest BCUT2D eigenvalue weighted by Crippen LogP contribution is 2.23. The molecule has 3 aromatic carbocycles. The first-order chi connectivity index (χ1) is 19.5. The van der Waals surface area contributed by atoms with Crippen LogP contribution >= 0.6 is 15.9 Å². The summed E-state index contributed by atoms with van der Waals surface area (Å²) in [6.07, 6.45) is 1.55. The van der Waals surface area contributed by atoms with Crippen LogP contribution < -0.4 is 10.7 Å². The molecule has 11 heteroatoms. The number of anilines is 1. The monoisotopic (exact) mass is 635 g/mol. The lowest BCUT2D eigenvalue weighted by Crippen LogP contribution is -2.39. The number of nitrogens with one attached hydrogen (secondary N) is 2. The molecule has 41 heavy (non-hydrogen) atoms. The van der Waals surface area contributed by atoms with Crippen molar-refractivity contribution in [1.82, 2.24) is 14.3 Å². The van der Waals surface area contributed by atoms with E-state index < -0.39 is 22.5 Å². The van der Waals surface area contributed by atoms with E-state index in [-0.39, 0.29) is 17.3 Å². The quantitative estimate of drug-likeness (QED) is 0.185. The van der Waals surface area contributed by atoms with Crippen LogP contribution in [0.15, 0.2) is 99.4 Å². The summed E-state index contributed by atoms with van der Waals surface area (Å²) in [6, 6.07) is 24.7. The zero-order valence-electron chi connectivity index (χ0n) is 22.8. The van der Waals surface area contributed by atoms with Crippen LogP contribution in [0.2, 0.25) is 0 Å². The molecule has 0 saturated carbocycles. The molecule has 9 nitrogen and oxygen atoms in total. The molecule has 0 aliphatic rings. The molecule has 1 heterocycles. The van der Waals surface area contributed by atoms with E-state index >= 15 is 0 Å². The molecular weight excluding hydrogens is 606 g/mol. The number of hydrazone groups is 1. The number of sulfonamides is 1. The third-order valence-corrected chi connectivity index (χ3v) is 8.56. The van der Waals surface area contributed by atoms with Crippen LogP contribution in [0.25, 0.3) is 5.69 Å². The van der Waals surface area contributed by atoms with Gasteiger partial charge in [0.1, 0.15) is 0 Å². The van der Waals surface area contributed by atoms with E-state index in [1.165, 1.54) is 31.2 Å². The molecule has 0 fully saturated rings. The fraction of sp³-hybridized carbons (Fsp3) is 0.167. The molecule has 0 saturated heterocycles. The number of aryl methyl sites for hydroxylation is 1. The van der Waals surface area contributed by atoms with Crippen LogP contribution in [0.5, 0.6) is 0 Å². The molecule has 0 unspecified atom stereocenters. The minimum Gasteiger partial charge on any atom is -0.326 e. The van der Waals surface area contributed by atoms with Crippen LogP contribution in [-0.4, -0.2) is 41.9 Å². The molecule has 0 spiro atoms. The maximum atomic E-state index is 13.6. The van der Waals surface area contributed by atoms with Crippen LogP contribution in [0.1, 0.15) is 29.4 Å². The van der Waals surface area contributed by atoms with E-state index in [4.69, 9.17) is 0 Å². The van der Waals surface area contributed by atoms with Gasteiger partial charge in [0.2, 0.25) is 15.9 Å². The Morgan fingerprint density at radius 3 is 2.34 bits per heavy atom. The Morgan fingerprint density at radius 1 is 0.976 bits per heavy atom. The summed E-state index contributed by atoms with van der Waals surface area (Å²) >= 11 is 3.50. The Bertz CT molecular complexity index is 1680. The third kappa shape index (κ3) is 7.57. The molecule has 4 aromatic rings. The molecule has 0 aliphatic carbocycles. The van der Waals surface area contributed by atoms with Crippen molar-refractivity contribution in [2.45, 2.75) is 32.2 Å². The number of hydrogen-bond donors (Lipinski definition) is 2. The number of benzene rings is 3. The number of rotatable bonds is 10. The van der Waals surface area contributed by atoms with Crippen molar-refractivity contribution in [3.05, 3.63) is 112 Å². The molecule has 4 rings (SSSR count). The predicted molar refractivity (Wildman–Crippen MR) is 163 cm³/mol. The summed E-state index contributed by atoms with van der Waals surface area (Å²) in [6.45, 7) is 4.86. The standard InChI is InChI=1S/C30H30BrN5O4S/c1-21-16-25(22(2)36(21)28-11-7-10-26(31)17-28)18-32-34-30(38)20-35(19-24-8-5-4-6-9-24)41(39,40)29-14-12-27(13-15-29)33-23(3)37/h4-18H,19-20H2,1-3H3,(H,33,37)(H,34,38)/b32-18+. The fourth-order valence-corrected chi connectivity index (χ4v) is 6.15. The Kier molecular flexibility index (Phi) is 9.53. The van der Waals surface area contributed by atoms with Crippen molar-refractivity contribution in [3.63, 3.8) is 0 Å². The van der Waals surface area contributed by atoms with Gasteiger partial charge in [0.25, 0.3) is 5.91 Å². The predicted octanol–water partition coefficient (Wildman–Crippen LogP) is 5.16. The molecule has 0 radical (unpaired) electrons. The first-order valence-corrected chi connectivity index (χ1v) is 15.0. The molecular formula is C30H30BrN5O4S. The summed E-state index contributed by atoms with van der Waals surface area (Å²) in [7, 11) is -4.06. The van der Waals surface area contributed by atoms with Gasteiger partial charge >= 0.3 is 0 Å². The number of aromatic nitrogens is 1. The van der Waals surface area contributed by atoms with Gasteiger partial charge in [0.05, 0.1) is 17.7 Å². The molecule has 0 atom stereocenters. The van der Waals surface area contributed by atoms with Gasteiger partial charge in [0.15, 0.2) is 0 Å². The zero-order chi connectivity index (χ0) is 29.6. The normalized spacial score (nSPS) is 11.6. The van der Waals surface area contributed by atoms with Crippen LogP contribution in [0.4, 0.5) is 5.69 Å². The van der Waals surface area contributed by atoms with Gasteiger partial charge in [0, 0.05) is 46.3 Å². The maximum Gasteiger partial charge on any atom is 0.255 e. The largest absolute Gasteiger partial charge is 0.326 e. The number of amides is 2. The number of hydrogen-bond acceptors (Lipinski definition) is 5. The summed E-state index contributed by atoms with van der Waals surface area (Å²) in [4.78, 5) is 24.2. The summed E-state index contributed by atoms with van der Waals surface area (Å²) in [5.74, 6) is -0.852. The Labute approximate surface area is 248 Å². The van der Waals surface area contributed by atoms with Crippen LogP contribution in [0, 0.1) is 13.8 Å². The second kappa shape index (κ2) is 13.1. The van der Waals surface area contributed by atoms with Crippen molar-refractivity contribution >= 4 is 49.7 Å². The van der Waals surface area contributed by atoms with Crippen LogP contribution in [-0.2, 0) is 26.2 Å². The summed E-state index contributed by atoms with van der Waals surface area (Å²) in [5, 5.41) is 6.72.